The van der Waals surface area contributed by atoms with Crippen molar-refractivity contribution >= 4 is 22.8 Å². The maximum atomic E-state index is 6.14. The van der Waals surface area contributed by atoms with Crippen molar-refractivity contribution in [2.45, 2.75) is 20.3 Å². The highest BCUT2D eigenvalue weighted by molar-refractivity contribution is 5.93. The van der Waals surface area contributed by atoms with Crippen LogP contribution in [0.15, 0.2) is 84.2 Å². The van der Waals surface area contributed by atoms with Crippen LogP contribution >= 0.6 is 0 Å². The largest absolute Gasteiger partial charge is 0.457 e. The average Bonchev–Trinajstić information content (AvgIpc) is 3.19. The summed E-state index contributed by atoms with van der Waals surface area (Å²) in [7, 11) is 0. The number of pyridine rings is 1. The van der Waals surface area contributed by atoms with Gasteiger partial charge in [-0.2, -0.15) is 0 Å². The molecule has 0 aliphatic carbocycles. The third-order valence-corrected chi connectivity index (χ3v) is 4.81. The smallest absolute Gasteiger partial charge is 0.137 e. The second-order valence-electron chi connectivity index (χ2n) is 6.65. The quantitative estimate of drug-likeness (QED) is 0.371. The summed E-state index contributed by atoms with van der Waals surface area (Å²) in [5.74, 6) is 1.61. The molecule has 2 aromatic carbocycles. The molecule has 0 aliphatic heterocycles. The highest BCUT2D eigenvalue weighted by Crippen LogP contribution is 2.35. The Bertz CT molecular complexity index is 1170. The number of fused-ring (bicyclic) bond motifs is 1. The van der Waals surface area contributed by atoms with Gasteiger partial charge < -0.3 is 9.72 Å². The summed E-state index contributed by atoms with van der Waals surface area (Å²) in [4.78, 5) is 12.2. The molecule has 0 fully saturated rings. The highest BCUT2D eigenvalue weighted by atomic mass is 16.5. The summed E-state index contributed by atoms with van der Waals surface area (Å²) in [5, 5.41) is 1.08. The lowest BCUT2D eigenvalue weighted by molar-refractivity contribution is 0.484. The number of aromatic amines is 1. The van der Waals surface area contributed by atoms with Crippen molar-refractivity contribution in [1.82, 2.24) is 9.97 Å². The molecule has 0 aliphatic rings. The summed E-state index contributed by atoms with van der Waals surface area (Å²) in [6.45, 7) is 4.05. The van der Waals surface area contributed by atoms with Gasteiger partial charge in [0.15, 0.2) is 0 Å². The van der Waals surface area contributed by atoms with Gasteiger partial charge in [0, 0.05) is 46.9 Å². The number of ether oxygens (including phenoxy) is 1. The van der Waals surface area contributed by atoms with Crippen LogP contribution in [-0.4, -0.2) is 16.2 Å². The molecule has 0 saturated carbocycles. The Morgan fingerprint density at radius 1 is 1.10 bits per heavy atom. The Hall–Kier alpha value is -3.66. The highest BCUT2D eigenvalue weighted by Gasteiger charge is 2.12. The van der Waals surface area contributed by atoms with Gasteiger partial charge in [0.1, 0.15) is 17.1 Å². The van der Waals surface area contributed by atoms with Crippen molar-refractivity contribution in [3.63, 3.8) is 0 Å². The lowest BCUT2D eigenvalue weighted by atomic mass is 10.0. The van der Waals surface area contributed by atoms with Crippen LogP contribution in [0.25, 0.3) is 27.7 Å². The molecular weight excluding hydrogens is 358 g/mol. The third-order valence-electron chi connectivity index (χ3n) is 4.81. The summed E-state index contributed by atoms with van der Waals surface area (Å²) in [6.07, 6.45) is 8.50. The van der Waals surface area contributed by atoms with Crippen molar-refractivity contribution in [1.29, 1.82) is 0 Å². The van der Waals surface area contributed by atoms with Crippen molar-refractivity contribution in [3.05, 3.63) is 84.8 Å². The van der Waals surface area contributed by atoms with E-state index in [0.29, 0.717) is 0 Å². The lowest BCUT2D eigenvalue weighted by Gasteiger charge is -2.11. The van der Waals surface area contributed by atoms with Crippen LogP contribution in [0.1, 0.15) is 25.8 Å². The molecule has 144 valence electrons. The van der Waals surface area contributed by atoms with Crippen LogP contribution in [-0.2, 0) is 0 Å². The van der Waals surface area contributed by atoms with E-state index < -0.39 is 0 Å². The molecule has 0 radical (unpaired) electrons. The lowest BCUT2D eigenvalue weighted by Crippen LogP contribution is -1.89. The molecule has 0 unspecified atom stereocenters. The second-order valence-corrected chi connectivity index (χ2v) is 6.65. The number of rotatable bonds is 6. The molecule has 0 amide bonds. The maximum absolute atomic E-state index is 6.14. The molecule has 0 spiro atoms. The van der Waals surface area contributed by atoms with Gasteiger partial charge in [0.2, 0.25) is 0 Å². The number of nitrogens with one attached hydrogen (secondary N) is 1. The zero-order valence-electron chi connectivity index (χ0n) is 16.6. The minimum atomic E-state index is 0.804. The first-order valence-electron chi connectivity index (χ1n) is 9.76. The minimum absolute atomic E-state index is 0.804. The summed E-state index contributed by atoms with van der Waals surface area (Å²) in [6, 6.07) is 20.0. The predicted molar refractivity (Wildman–Crippen MR) is 120 cm³/mol. The minimum Gasteiger partial charge on any atom is -0.457 e. The summed E-state index contributed by atoms with van der Waals surface area (Å²) >= 11 is 0. The van der Waals surface area contributed by atoms with E-state index in [1.165, 1.54) is 5.57 Å². The molecule has 0 bridgehead atoms. The first-order chi connectivity index (χ1) is 14.3. The van der Waals surface area contributed by atoms with Crippen LogP contribution in [0, 0.1) is 0 Å². The molecule has 2 aromatic heterocycles. The van der Waals surface area contributed by atoms with Crippen molar-refractivity contribution in [2.24, 2.45) is 4.99 Å². The van der Waals surface area contributed by atoms with Crippen LogP contribution in [0.3, 0.4) is 0 Å². The fraction of sp³-hybridized carbons (Fsp3) is 0.120. The molecule has 1 N–H and O–H groups in total. The van der Waals surface area contributed by atoms with E-state index in [4.69, 9.17) is 4.74 Å². The second kappa shape index (κ2) is 8.57. The molecule has 4 aromatic rings. The number of aromatic nitrogens is 2. The van der Waals surface area contributed by atoms with E-state index in [1.807, 2.05) is 74.0 Å². The van der Waals surface area contributed by atoms with Gasteiger partial charge in [0.25, 0.3) is 0 Å². The predicted octanol–water partition coefficient (Wildman–Crippen LogP) is 6.86. The Morgan fingerprint density at radius 2 is 1.90 bits per heavy atom. The fourth-order valence-corrected chi connectivity index (χ4v) is 3.34. The van der Waals surface area contributed by atoms with Crippen LogP contribution < -0.4 is 4.74 Å². The van der Waals surface area contributed by atoms with Crippen LogP contribution in [0.5, 0.6) is 11.5 Å². The van der Waals surface area contributed by atoms with Gasteiger partial charge in [-0.25, -0.2) is 4.98 Å². The van der Waals surface area contributed by atoms with E-state index in [9.17, 15) is 0 Å². The molecule has 29 heavy (non-hydrogen) atoms. The van der Waals surface area contributed by atoms with E-state index in [2.05, 4.69) is 34.0 Å². The number of H-pyrrole nitrogens is 1. The molecule has 2 heterocycles. The van der Waals surface area contributed by atoms with Gasteiger partial charge in [-0.05, 0) is 43.2 Å². The number of hydrogen-bond donors (Lipinski definition) is 1. The van der Waals surface area contributed by atoms with Gasteiger partial charge in [-0.15, -0.1) is 0 Å². The number of allylic oxidation sites excluding steroid dienone is 1. The summed E-state index contributed by atoms with van der Waals surface area (Å²) < 4.78 is 6.14. The first kappa shape index (κ1) is 18.7. The first-order valence-corrected chi connectivity index (χ1v) is 9.76. The third kappa shape index (κ3) is 3.97. The Morgan fingerprint density at radius 3 is 2.69 bits per heavy atom. The Balaban J connectivity index is 1.79. The van der Waals surface area contributed by atoms with Crippen molar-refractivity contribution < 1.29 is 4.74 Å². The normalized spacial score (nSPS) is 12.0. The van der Waals surface area contributed by atoms with E-state index in [-0.39, 0.29) is 0 Å². The van der Waals surface area contributed by atoms with E-state index in [1.54, 1.807) is 6.21 Å². The van der Waals surface area contributed by atoms with Crippen LogP contribution in [0.2, 0.25) is 0 Å². The van der Waals surface area contributed by atoms with E-state index in [0.717, 1.165) is 45.6 Å². The zero-order chi connectivity index (χ0) is 20.1. The maximum Gasteiger partial charge on any atom is 0.137 e. The van der Waals surface area contributed by atoms with Gasteiger partial charge in [0.05, 0.1) is 0 Å². The SMILES string of the molecule is CC=N/C=C(\CC)c1c[nH]c2ncc(-c3ccccc3Oc3ccccc3)cc12. The van der Waals surface area contributed by atoms with Crippen molar-refractivity contribution in [3.8, 4) is 22.6 Å². The average molecular weight is 381 g/mol. The molecule has 4 rings (SSSR count). The van der Waals surface area contributed by atoms with Gasteiger partial charge >= 0.3 is 0 Å². The number of benzene rings is 2. The van der Waals surface area contributed by atoms with E-state index >= 15 is 0 Å². The van der Waals surface area contributed by atoms with Gasteiger partial charge in [-0.1, -0.05) is 43.3 Å². The van der Waals surface area contributed by atoms with Gasteiger partial charge in [-0.3, -0.25) is 4.99 Å². The summed E-state index contributed by atoms with van der Waals surface area (Å²) in [5.41, 5.74) is 5.18. The molecule has 4 heteroatoms. The zero-order valence-corrected chi connectivity index (χ0v) is 16.6. The number of nitrogens with zero attached hydrogens (tertiary/aromatic N) is 2. The number of hydrogen-bond acceptors (Lipinski definition) is 3. The number of aliphatic imine (C=N–C) groups is 1. The molecular formula is C25H23N3O. The fourth-order valence-electron chi connectivity index (χ4n) is 3.34. The topological polar surface area (TPSA) is 50.3 Å². The molecule has 0 atom stereocenters. The van der Waals surface area contributed by atoms with Crippen molar-refractivity contribution in [2.75, 3.05) is 0 Å². The Kier molecular flexibility index (Phi) is 5.52. The Labute approximate surface area is 170 Å². The monoisotopic (exact) mass is 381 g/mol. The van der Waals surface area contributed by atoms with Crippen LogP contribution in [0.4, 0.5) is 0 Å². The number of para-hydroxylation sites is 2. The standard InChI is InChI=1S/C25H23N3O/c1-3-18(15-26-4-2)23-17-28-25-22(23)14-19(16-27-25)21-12-8-9-13-24(21)29-20-10-6-5-7-11-20/h4-17H,3H2,1-2H3,(H,27,28)/b18-15+,26-4?. The molecule has 0 saturated heterocycles. The molecule has 4 nitrogen and oxygen atoms in total.